The molecule has 1 atom stereocenters. The second-order valence-electron chi connectivity index (χ2n) is 13.2. The second-order valence-corrected chi connectivity index (χ2v) is 13.2. The number of aromatic nitrogens is 2. The topological polar surface area (TPSA) is 139 Å². The number of likely N-dealkylation sites (tertiary alicyclic amines) is 1. The van der Waals surface area contributed by atoms with Crippen molar-refractivity contribution in [2.45, 2.75) is 63.0 Å². The molecule has 1 aromatic heterocycles. The SMILES string of the molecule is CCC=Nc1c(F)c2c(c(F)c1N(C)CC1(N)CC1)CC(CN1CCC3(CC1)CN(c1cnc4c(n1)NC(=O)CO4)C(=O)O3)C2. The molecule has 12 nitrogen and oxygen atoms in total. The number of piperidine rings is 1. The van der Waals surface area contributed by atoms with Crippen LogP contribution < -0.4 is 25.6 Å². The van der Waals surface area contributed by atoms with E-state index in [-0.39, 0.29) is 52.9 Å². The molecule has 2 aliphatic carbocycles. The van der Waals surface area contributed by atoms with Gasteiger partial charge in [0.05, 0.1) is 12.7 Å². The van der Waals surface area contributed by atoms with Gasteiger partial charge in [-0.25, -0.2) is 23.5 Å². The van der Waals surface area contributed by atoms with Crippen LogP contribution in [0.2, 0.25) is 0 Å². The highest BCUT2D eigenvalue weighted by Crippen LogP contribution is 2.45. The Kier molecular flexibility index (Phi) is 7.39. The number of hydrogen-bond donors (Lipinski definition) is 2. The van der Waals surface area contributed by atoms with Gasteiger partial charge in [0.2, 0.25) is 0 Å². The molecule has 4 heterocycles. The van der Waals surface area contributed by atoms with Crippen LogP contribution in [0, 0.1) is 17.6 Å². The molecule has 45 heavy (non-hydrogen) atoms. The third-order valence-electron chi connectivity index (χ3n) is 9.60. The molecule has 2 aromatic rings. The molecular formula is C31H38F2N8O4. The second kappa shape index (κ2) is 11.2. The minimum absolute atomic E-state index is 0.0525. The summed E-state index contributed by atoms with van der Waals surface area (Å²) in [5.74, 6) is -0.455. The number of halogens is 2. The molecule has 3 N–H and O–H groups in total. The maximum absolute atomic E-state index is 16.1. The number of benzene rings is 1. The lowest BCUT2D eigenvalue weighted by atomic mass is 9.90. The number of carbonyl (C=O) groups excluding carboxylic acids is 2. The first kappa shape index (κ1) is 29.8. The van der Waals surface area contributed by atoms with E-state index in [1.165, 1.54) is 11.1 Å². The lowest BCUT2D eigenvalue weighted by Gasteiger charge is -2.38. The number of anilines is 3. The smallest absolute Gasteiger partial charge is 0.416 e. The number of amides is 2. The molecule has 240 valence electrons. The van der Waals surface area contributed by atoms with Crippen molar-refractivity contribution in [2.75, 3.05) is 61.5 Å². The van der Waals surface area contributed by atoms with Crippen LogP contribution in [0.25, 0.3) is 0 Å². The Bertz CT molecular complexity index is 1570. The molecule has 3 aliphatic heterocycles. The average molecular weight is 625 g/mol. The highest BCUT2D eigenvalue weighted by molar-refractivity contribution is 5.95. The highest BCUT2D eigenvalue weighted by Gasteiger charge is 2.48. The zero-order valence-electron chi connectivity index (χ0n) is 25.6. The summed E-state index contributed by atoms with van der Waals surface area (Å²) in [5.41, 5.74) is 6.42. The lowest BCUT2D eigenvalue weighted by molar-refractivity contribution is -0.118. The van der Waals surface area contributed by atoms with E-state index in [0.717, 1.165) is 12.8 Å². The van der Waals surface area contributed by atoms with Crippen LogP contribution in [0.1, 0.15) is 50.2 Å². The summed E-state index contributed by atoms with van der Waals surface area (Å²) in [4.78, 5) is 43.0. The van der Waals surface area contributed by atoms with Crippen LogP contribution in [0.4, 0.5) is 36.6 Å². The quantitative estimate of drug-likeness (QED) is 0.424. The summed E-state index contributed by atoms with van der Waals surface area (Å²) in [6.45, 7) is 4.58. The molecule has 14 heteroatoms. The molecule has 0 bridgehead atoms. The monoisotopic (exact) mass is 624 g/mol. The summed E-state index contributed by atoms with van der Waals surface area (Å²) < 4.78 is 43.3. The molecular weight excluding hydrogens is 586 g/mol. The van der Waals surface area contributed by atoms with Gasteiger partial charge in [-0.05, 0) is 49.1 Å². The van der Waals surface area contributed by atoms with E-state index in [4.69, 9.17) is 15.2 Å². The third-order valence-corrected chi connectivity index (χ3v) is 9.60. The summed E-state index contributed by atoms with van der Waals surface area (Å²) in [6.07, 6.45) is 7.01. The van der Waals surface area contributed by atoms with E-state index >= 15 is 8.78 Å². The average Bonchev–Trinajstić information content (AvgIpc) is 3.43. The number of rotatable bonds is 8. The molecule has 2 saturated heterocycles. The van der Waals surface area contributed by atoms with Crippen molar-refractivity contribution < 1.29 is 27.8 Å². The maximum Gasteiger partial charge on any atom is 0.416 e. The van der Waals surface area contributed by atoms with Crippen molar-refractivity contribution in [3.63, 3.8) is 0 Å². The Morgan fingerprint density at radius 2 is 1.91 bits per heavy atom. The van der Waals surface area contributed by atoms with Gasteiger partial charge in [-0.1, -0.05) is 6.92 Å². The van der Waals surface area contributed by atoms with Crippen LogP contribution in [0.3, 0.4) is 0 Å². The molecule has 7 rings (SSSR count). The molecule has 1 aromatic carbocycles. The number of ether oxygens (including phenoxy) is 2. The van der Waals surface area contributed by atoms with Gasteiger partial charge in [-0.15, -0.1) is 0 Å². The van der Waals surface area contributed by atoms with Crippen molar-refractivity contribution in [3.05, 3.63) is 29.0 Å². The van der Waals surface area contributed by atoms with Crippen LogP contribution in [0.15, 0.2) is 11.2 Å². The summed E-state index contributed by atoms with van der Waals surface area (Å²) in [5, 5.41) is 2.61. The fraction of sp³-hybridized carbons (Fsp3) is 0.581. The number of nitrogens with one attached hydrogen (secondary N) is 1. The number of likely N-dealkylation sites (N-methyl/N-ethyl adjacent to an activating group) is 1. The Morgan fingerprint density at radius 1 is 1.18 bits per heavy atom. The summed E-state index contributed by atoms with van der Waals surface area (Å²) in [6, 6.07) is 0. The van der Waals surface area contributed by atoms with Crippen molar-refractivity contribution in [1.29, 1.82) is 0 Å². The Balaban J connectivity index is 1.01. The number of aliphatic imine (C=N–C) groups is 1. The Labute approximate surface area is 260 Å². The normalized spacial score (nSPS) is 23.1. The van der Waals surface area contributed by atoms with Gasteiger partial charge in [0, 0.05) is 57.8 Å². The van der Waals surface area contributed by atoms with Gasteiger partial charge in [0.25, 0.3) is 11.8 Å². The standard InChI is InChI=1S/C31H38F2N8O4/c1-3-8-35-25-23(32)19-11-18(12-20(19)24(33)26(25)39(2)16-30(34)4-5-30)14-40-9-6-31(7-10-40)17-41(29(43)45-31)21-13-36-28-27(37-21)38-22(42)15-44-28/h8,13,18H,3-7,9-12,14-17,34H2,1-2H3,(H,37,38,42). The lowest BCUT2D eigenvalue weighted by Crippen LogP contribution is -2.48. The van der Waals surface area contributed by atoms with E-state index in [1.807, 2.05) is 6.92 Å². The van der Waals surface area contributed by atoms with Gasteiger partial charge in [-0.3, -0.25) is 14.7 Å². The molecule has 2 amide bonds. The molecule has 5 aliphatic rings. The molecule has 3 fully saturated rings. The van der Waals surface area contributed by atoms with Gasteiger partial charge in [0.15, 0.2) is 29.9 Å². The van der Waals surface area contributed by atoms with E-state index in [0.29, 0.717) is 76.0 Å². The largest absolute Gasteiger partial charge is 0.465 e. The fourth-order valence-electron chi connectivity index (χ4n) is 7.04. The van der Waals surface area contributed by atoms with Crippen molar-refractivity contribution >= 4 is 41.2 Å². The first-order valence-corrected chi connectivity index (χ1v) is 15.6. The number of fused-ring (bicyclic) bond motifs is 2. The summed E-state index contributed by atoms with van der Waals surface area (Å²) >= 11 is 0. The van der Waals surface area contributed by atoms with Crippen molar-refractivity contribution in [2.24, 2.45) is 16.6 Å². The predicted molar refractivity (Wildman–Crippen MR) is 164 cm³/mol. The zero-order chi connectivity index (χ0) is 31.5. The van der Waals surface area contributed by atoms with E-state index in [9.17, 15) is 9.59 Å². The summed E-state index contributed by atoms with van der Waals surface area (Å²) in [7, 11) is 1.76. The molecule has 0 radical (unpaired) electrons. The number of hydrogen-bond acceptors (Lipinski definition) is 10. The first-order valence-electron chi connectivity index (χ1n) is 15.6. The van der Waals surface area contributed by atoms with Gasteiger partial charge in [-0.2, -0.15) is 0 Å². The van der Waals surface area contributed by atoms with Crippen LogP contribution >= 0.6 is 0 Å². The zero-order valence-corrected chi connectivity index (χ0v) is 25.6. The van der Waals surface area contributed by atoms with Crippen LogP contribution in [-0.4, -0.2) is 90.6 Å². The Morgan fingerprint density at radius 3 is 2.62 bits per heavy atom. The van der Waals surface area contributed by atoms with Gasteiger partial charge >= 0.3 is 6.09 Å². The molecule has 1 saturated carbocycles. The Hall–Kier alpha value is -3.91. The van der Waals surface area contributed by atoms with Crippen molar-refractivity contribution in [1.82, 2.24) is 14.9 Å². The van der Waals surface area contributed by atoms with Gasteiger partial charge in [0.1, 0.15) is 17.0 Å². The minimum Gasteiger partial charge on any atom is -0.465 e. The van der Waals surface area contributed by atoms with Crippen molar-refractivity contribution in [3.8, 4) is 5.88 Å². The fourth-order valence-corrected chi connectivity index (χ4v) is 7.04. The number of nitrogens with two attached hydrogens (primary N) is 1. The molecule has 1 unspecified atom stereocenters. The van der Waals surface area contributed by atoms with Gasteiger partial charge < -0.3 is 30.3 Å². The van der Waals surface area contributed by atoms with Crippen LogP contribution in [0.5, 0.6) is 5.88 Å². The van der Waals surface area contributed by atoms with E-state index < -0.39 is 23.3 Å². The van der Waals surface area contributed by atoms with E-state index in [1.54, 1.807) is 18.2 Å². The number of nitrogens with zero attached hydrogens (tertiary/aromatic N) is 6. The first-order chi connectivity index (χ1) is 21.6. The maximum atomic E-state index is 16.1. The third kappa shape index (κ3) is 5.58. The molecule has 1 spiro atoms. The highest BCUT2D eigenvalue weighted by atomic mass is 19.1. The number of carbonyl (C=O) groups is 2. The minimum atomic E-state index is -0.671. The predicted octanol–water partition coefficient (Wildman–Crippen LogP) is 3.33. The van der Waals surface area contributed by atoms with E-state index in [2.05, 4.69) is 25.2 Å². The van der Waals surface area contributed by atoms with Crippen LogP contribution in [-0.2, 0) is 22.4 Å².